The molecule has 0 saturated carbocycles. The van der Waals surface area contributed by atoms with Crippen molar-refractivity contribution < 1.29 is 19.4 Å². The minimum absolute atomic E-state index is 0.0861. The van der Waals surface area contributed by atoms with Gasteiger partial charge < -0.3 is 14.7 Å². The molecule has 1 heterocycles. The highest BCUT2D eigenvalue weighted by atomic mass is 16.5. The van der Waals surface area contributed by atoms with Crippen LogP contribution in [-0.4, -0.2) is 48.7 Å². The van der Waals surface area contributed by atoms with E-state index >= 15 is 0 Å². The lowest BCUT2D eigenvalue weighted by molar-refractivity contribution is -0.155. The predicted octanol–water partition coefficient (Wildman–Crippen LogP) is 2.26. The number of carbonyl (C=O) groups is 2. The maximum Gasteiger partial charge on any atom is 0.313 e. The molecule has 0 radical (unpaired) electrons. The second kappa shape index (κ2) is 6.48. The number of methoxy groups -OCH3 is 1. The molecule has 1 fully saturated rings. The van der Waals surface area contributed by atoms with Crippen molar-refractivity contribution in [2.75, 3.05) is 26.8 Å². The van der Waals surface area contributed by atoms with Crippen molar-refractivity contribution in [1.82, 2.24) is 4.90 Å². The highest BCUT2D eigenvalue weighted by Gasteiger charge is 2.44. The van der Waals surface area contributed by atoms with E-state index in [4.69, 9.17) is 4.74 Å². The summed E-state index contributed by atoms with van der Waals surface area (Å²) in [7, 11) is 1.50. The SMILES string of the molecule is COCC1(C(=O)O)CCCN(C(=O)c2c(C)cccc2C)C1. The van der Waals surface area contributed by atoms with Crippen LogP contribution in [0.2, 0.25) is 0 Å². The van der Waals surface area contributed by atoms with Gasteiger partial charge in [-0.05, 0) is 37.8 Å². The number of nitrogens with zero attached hydrogens (tertiary/aromatic N) is 1. The molecule has 22 heavy (non-hydrogen) atoms. The van der Waals surface area contributed by atoms with Gasteiger partial charge in [-0.15, -0.1) is 0 Å². The van der Waals surface area contributed by atoms with Crippen molar-refractivity contribution in [1.29, 1.82) is 0 Å². The van der Waals surface area contributed by atoms with Crippen LogP contribution in [0.25, 0.3) is 0 Å². The summed E-state index contributed by atoms with van der Waals surface area (Å²) in [6.45, 7) is 4.72. The Labute approximate surface area is 130 Å². The number of amides is 1. The minimum Gasteiger partial charge on any atom is -0.481 e. The molecule has 0 bridgehead atoms. The lowest BCUT2D eigenvalue weighted by Gasteiger charge is -2.39. The van der Waals surface area contributed by atoms with Gasteiger partial charge in [0.2, 0.25) is 0 Å². The van der Waals surface area contributed by atoms with E-state index in [1.54, 1.807) is 4.90 Å². The molecule has 1 amide bonds. The number of carbonyl (C=O) groups excluding carboxylic acids is 1. The summed E-state index contributed by atoms with van der Waals surface area (Å²) in [4.78, 5) is 26.2. The highest BCUT2D eigenvalue weighted by molar-refractivity contribution is 5.97. The maximum atomic E-state index is 12.8. The third-order valence-corrected chi connectivity index (χ3v) is 4.43. The summed E-state index contributed by atoms with van der Waals surface area (Å²) in [6, 6.07) is 5.73. The maximum absolute atomic E-state index is 12.8. The van der Waals surface area contributed by atoms with Gasteiger partial charge in [0.25, 0.3) is 5.91 Å². The Morgan fingerprint density at radius 2 is 1.95 bits per heavy atom. The molecule has 1 aliphatic rings. The second-order valence-electron chi connectivity index (χ2n) is 6.12. The van der Waals surface area contributed by atoms with Crippen LogP contribution in [0.5, 0.6) is 0 Å². The smallest absolute Gasteiger partial charge is 0.313 e. The van der Waals surface area contributed by atoms with Gasteiger partial charge in [0.15, 0.2) is 0 Å². The van der Waals surface area contributed by atoms with Gasteiger partial charge in [-0.25, -0.2) is 0 Å². The number of hydrogen-bond acceptors (Lipinski definition) is 3. The van der Waals surface area contributed by atoms with Crippen LogP contribution in [-0.2, 0) is 9.53 Å². The molecule has 1 unspecified atom stereocenters. The van der Waals surface area contributed by atoms with E-state index in [0.717, 1.165) is 11.1 Å². The molecule has 1 N–H and O–H groups in total. The van der Waals surface area contributed by atoms with E-state index in [-0.39, 0.29) is 19.1 Å². The first-order valence-electron chi connectivity index (χ1n) is 7.49. The molecule has 1 atom stereocenters. The Morgan fingerprint density at radius 3 is 2.50 bits per heavy atom. The zero-order chi connectivity index (χ0) is 16.3. The quantitative estimate of drug-likeness (QED) is 0.926. The first-order chi connectivity index (χ1) is 10.4. The zero-order valence-corrected chi connectivity index (χ0v) is 13.4. The molecule has 2 rings (SSSR count). The largest absolute Gasteiger partial charge is 0.481 e. The number of hydrogen-bond donors (Lipinski definition) is 1. The van der Waals surface area contributed by atoms with E-state index < -0.39 is 11.4 Å². The predicted molar refractivity (Wildman–Crippen MR) is 83.0 cm³/mol. The van der Waals surface area contributed by atoms with Crippen molar-refractivity contribution in [3.8, 4) is 0 Å². The lowest BCUT2D eigenvalue weighted by atomic mass is 9.80. The first-order valence-corrected chi connectivity index (χ1v) is 7.49. The fraction of sp³-hybridized carbons (Fsp3) is 0.529. The van der Waals surface area contributed by atoms with E-state index in [1.807, 2.05) is 32.0 Å². The number of aliphatic carboxylic acids is 1. The topological polar surface area (TPSA) is 66.8 Å². The van der Waals surface area contributed by atoms with Crippen molar-refractivity contribution in [3.63, 3.8) is 0 Å². The van der Waals surface area contributed by atoms with Crippen LogP contribution < -0.4 is 0 Å². The molecule has 5 heteroatoms. The number of likely N-dealkylation sites (tertiary alicyclic amines) is 1. The molecule has 1 saturated heterocycles. The van der Waals surface area contributed by atoms with Crippen LogP contribution in [0.3, 0.4) is 0 Å². The monoisotopic (exact) mass is 305 g/mol. The third-order valence-electron chi connectivity index (χ3n) is 4.43. The van der Waals surface area contributed by atoms with E-state index in [2.05, 4.69) is 0 Å². The third kappa shape index (κ3) is 2.99. The second-order valence-corrected chi connectivity index (χ2v) is 6.12. The summed E-state index contributed by atoms with van der Waals surface area (Å²) >= 11 is 0. The highest BCUT2D eigenvalue weighted by Crippen LogP contribution is 2.32. The average molecular weight is 305 g/mol. The zero-order valence-electron chi connectivity index (χ0n) is 13.4. The van der Waals surface area contributed by atoms with E-state index in [9.17, 15) is 14.7 Å². The Balaban J connectivity index is 2.29. The molecule has 120 valence electrons. The van der Waals surface area contributed by atoms with Crippen molar-refractivity contribution in [3.05, 3.63) is 34.9 Å². The van der Waals surface area contributed by atoms with Gasteiger partial charge >= 0.3 is 5.97 Å². The standard InChI is InChI=1S/C17H23NO4/c1-12-6-4-7-13(2)14(12)15(19)18-9-5-8-17(10-18,11-22-3)16(20)21/h4,6-7H,5,8-11H2,1-3H3,(H,20,21). The summed E-state index contributed by atoms with van der Waals surface area (Å²) in [5.41, 5.74) is 1.52. The summed E-state index contributed by atoms with van der Waals surface area (Å²) in [5, 5.41) is 9.58. The van der Waals surface area contributed by atoms with Gasteiger partial charge in [0.1, 0.15) is 5.41 Å². The Hall–Kier alpha value is -1.88. The van der Waals surface area contributed by atoms with Gasteiger partial charge in [0, 0.05) is 25.8 Å². The molecule has 5 nitrogen and oxygen atoms in total. The normalized spacial score (nSPS) is 21.7. The minimum atomic E-state index is -1.00. The fourth-order valence-corrected chi connectivity index (χ4v) is 3.25. The van der Waals surface area contributed by atoms with Gasteiger partial charge in [-0.3, -0.25) is 9.59 Å². The molecule has 1 aromatic carbocycles. The fourth-order valence-electron chi connectivity index (χ4n) is 3.25. The number of carboxylic acids is 1. The molecule has 0 aromatic heterocycles. The van der Waals surface area contributed by atoms with E-state index in [1.165, 1.54) is 7.11 Å². The number of benzene rings is 1. The Morgan fingerprint density at radius 1 is 1.32 bits per heavy atom. The van der Waals surface area contributed by atoms with Gasteiger partial charge in [0.05, 0.1) is 6.61 Å². The molecular formula is C17H23NO4. The number of aryl methyl sites for hydroxylation is 2. The number of rotatable bonds is 4. The van der Waals surface area contributed by atoms with Crippen molar-refractivity contribution in [2.45, 2.75) is 26.7 Å². The Bertz CT molecular complexity index is 560. The van der Waals surface area contributed by atoms with Crippen molar-refractivity contribution >= 4 is 11.9 Å². The van der Waals surface area contributed by atoms with E-state index in [0.29, 0.717) is 24.9 Å². The van der Waals surface area contributed by atoms with Crippen LogP contribution in [0.1, 0.15) is 34.3 Å². The van der Waals surface area contributed by atoms with Crippen LogP contribution >= 0.6 is 0 Å². The molecule has 0 aliphatic carbocycles. The number of carboxylic acid groups (broad SMARTS) is 1. The lowest BCUT2D eigenvalue weighted by Crippen LogP contribution is -2.52. The first kappa shape index (κ1) is 16.5. The van der Waals surface area contributed by atoms with Crippen LogP contribution in [0.15, 0.2) is 18.2 Å². The summed E-state index contributed by atoms with van der Waals surface area (Å²) < 4.78 is 5.11. The molecule has 1 aromatic rings. The van der Waals surface area contributed by atoms with Crippen molar-refractivity contribution in [2.24, 2.45) is 5.41 Å². The number of piperidine rings is 1. The van der Waals surface area contributed by atoms with Gasteiger partial charge in [-0.2, -0.15) is 0 Å². The summed E-state index contributed by atoms with van der Waals surface area (Å²) in [5.74, 6) is -0.981. The van der Waals surface area contributed by atoms with Gasteiger partial charge in [-0.1, -0.05) is 18.2 Å². The van der Waals surface area contributed by atoms with Crippen LogP contribution in [0.4, 0.5) is 0 Å². The molecular weight excluding hydrogens is 282 g/mol. The molecule has 1 aliphatic heterocycles. The Kier molecular flexibility index (Phi) is 4.86. The average Bonchev–Trinajstić information content (AvgIpc) is 2.47. The van der Waals surface area contributed by atoms with Crippen LogP contribution in [0, 0.1) is 19.3 Å². The molecule has 0 spiro atoms. The summed E-state index contributed by atoms with van der Waals surface area (Å²) in [6.07, 6.45) is 1.21. The number of ether oxygens (including phenoxy) is 1.